The molecule has 1 aromatic carbocycles. The van der Waals surface area contributed by atoms with Crippen molar-refractivity contribution < 1.29 is 14.3 Å². The summed E-state index contributed by atoms with van der Waals surface area (Å²) in [6, 6.07) is 7.94. The Bertz CT molecular complexity index is 969. The smallest absolute Gasteiger partial charge is 0.268 e. The Morgan fingerprint density at radius 1 is 1.26 bits per heavy atom. The van der Waals surface area contributed by atoms with E-state index in [1.165, 1.54) is 5.56 Å². The van der Waals surface area contributed by atoms with Crippen molar-refractivity contribution in [3.05, 3.63) is 56.2 Å². The van der Waals surface area contributed by atoms with Crippen molar-refractivity contribution in [1.29, 1.82) is 0 Å². The zero-order chi connectivity index (χ0) is 19.0. The van der Waals surface area contributed by atoms with Gasteiger partial charge in [-0.05, 0) is 59.6 Å². The molecule has 0 saturated carbocycles. The summed E-state index contributed by atoms with van der Waals surface area (Å²) in [5, 5.41) is 6.04. The lowest BCUT2D eigenvalue weighted by Crippen LogP contribution is -2.40. The highest BCUT2D eigenvalue weighted by Gasteiger charge is 2.35. The summed E-state index contributed by atoms with van der Waals surface area (Å²) in [5.74, 6) is 1.35. The van der Waals surface area contributed by atoms with E-state index in [1.807, 2.05) is 35.4 Å². The van der Waals surface area contributed by atoms with Crippen molar-refractivity contribution in [3.8, 4) is 11.5 Å². The highest BCUT2D eigenvalue weighted by molar-refractivity contribution is 7.10. The molecule has 3 heterocycles. The predicted molar refractivity (Wildman–Crippen MR) is 105 cm³/mol. The molecule has 8 heteroatoms. The standard InChI is InChI=1S/C19H19N3O3S2/c1-11-18(27-21-20-11)19(23)22-7-6-12-9-14(24-2)15(25-3)10-13(12)17(22)16-5-4-8-26-16/h4-5,8-10,17H,6-7H2,1-3H3. The van der Waals surface area contributed by atoms with Crippen molar-refractivity contribution in [2.24, 2.45) is 0 Å². The molecule has 1 atom stereocenters. The molecular formula is C19H19N3O3S2. The summed E-state index contributed by atoms with van der Waals surface area (Å²) in [5.41, 5.74) is 2.92. The van der Waals surface area contributed by atoms with E-state index >= 15 is 0 Å². The second-order valence-electron chi connectivity index (χ2n) is 6.26. The molecule has 0 fully saturated rings. The quantitative estimate of drug-likeness (QED) is 0.667. The van der Waals surface area contributed by atoms with Gasteiger partial charge in [-0.2, -0.15) is 0 Å². The van der Waals surface area contributed by atoms with Gasteiger partial charge in [0.15, 0.2) is 11.5 Å². The Morgan fingerprint density at radius 2 is 2.04 bits per heavy atom. The van der Waals surface area contributed by atoms with Crippen LogP contribution in [0.4, 0.5) is 0 Å². The van der Waals surface area contributed by atoms with Gasteiger partial charge in [-0.1, -0.05) is 10.6 Å². The van der Waals surface area contributed by atoms with E-state index in [4.69, 9.17) is 9.47 Å². The lowest BCUT2D eigenvalue weighted by Gasteiger charge is -2.37. The second-order valence-corrected chi connectivity index (χ2v) is 7.99. The SMILES string of the molecule is COc1cc2c(cc1OC)C(c1cccs1)N(C(=O)c1snnc1C)CC2. The molecule has 0 N–H and O–H groups in total. The molecule has 27 heavy (non-hydrogen) atoms. The van der Waals surface area contributed by atoms with Gasteiger partial charge < -0.3 is 14.4 Å². The van der Waals surface area contributed by atoms with Crippen LogP contribution < -0.4 is 9.47 Å². The van der Waals surface area contributed by atoms with Crippen molar-refractivity contribution in [1.82, 2.24) is 14.5 Å². The lowest BCUT2D eigenvalue weighted by molar-refractivity contribution is 0.0701. The number of aromatic nitrogens is 2. The summed E-state index contributed by atoms with van der Waals surface area (Å²) < 4.78 is 14.9. The first-order valence-corrected chi connectivity index (χ1v) is 10.2. The van der Waals surface area contributed by atoms with E-state index in [2.05, 4.69) is 15.7 Å². The fourth-order valence-electron chi connectivity index (χ4n) is 3.48. The third kappa shape index (κ3) is 3.08. The monoisotopic (exact) mass is 401 g/mol. The van der Waals surface area contributed by atoms with E-state index in [0.717, 1.165) is 28.4 Å². The summed E-state index contributed by atoms with van der Waals surface area (Å²) in [6.45, 7) is 2.45. The minimum absolute atomic E-state index is 0.0265. The van der Waals surface area contributed by atoms with Gasteiger partial charge in [0, 0.05) is 11.4 Å². The predicted octanol–water partition coefficient (Wildman–Crippen LogP) is 3.71. The maximum Gasteiger partial charge on any atom is 0.268 e. The number of ether oxygens (including phenoxy) is 2. The first-order chi connectivity index (χ1) is 13.1. The molecule has 6 nitrogen and oxygen atoms in total. The highest BCUT2D eigenvalue weighted by Crippen LogP contribution is 2.42. The van der Waals surface area contributed by atoms with Crippen LogP contribution in [0.15, 0.2) is 29.6 Å². The number of methoxy groups -OCH3 is 2. The number of hydrogen-bond acceptors (Lipinski definition) is 7. The van der Waals surface area contributed by atoms with Gasteiger partial charge in [0.1, 0.15) is 4.88 Å². The first kappa shape index (κ1) is 17.9. The number of carbonyl (C=O) groups is 1. The summed E-state index contributed by atoms with van der Waals surface area (Å²) >= 11 is 2.80. The van der Waals surface area contributed by atoms with E-state index in [-0.39, 0.29) is 11.9 Å². The Balaban J connectivity index is 1.84. The number of benzene rings is 1. The van der Waals surface area contributed by atoms with Gasteiger partial charge in [0.2, 0.25) is 0 Å². The molecule has 0 spiro atoms. The van der Waals surface area contributed by atoms with Crippen LogP contribution in [0.5, 0.6) is 11.5 Å². The molecule has 0 radical (unpaired) electrons. The van der Waals surface area contributed by atoms with Crippen molar-refractivity contribution >= 4 is 28.8 Å². The summed E-state index contributed by atoms with van der Waals surface area (Å²) in [7, 11) is 3.27. The summed E-state index contributed by atoms with van der Waals surface area (Å²) in [4.78, 5) is 16.9. The van der Waals surface area contributed by atoms with Crippen LogP contribution in [-0.4, -0.2) is 41.2 Å². The average Bonchev–Trinajstić information content (AvgIpc) is 3.37. The molecular weight excluding hydrogens is 382 g/mol. The topological polar surface area (TPSA) is 64.6 Å². The molecule has 1 aliphatic rings. The normalized spacial score (nSPS) is 16.1. The van der Waals surface area contributed by atoms with Gasteiger partial charge in [-0.25, -0.2) is 0 Å². The Kier molecular flexibility index (Phi) is 4.84. The Hall–Kier alpha value is -2.45. The molecule has 0 bridgehead atoms. The van der Waals surface area contributed by atoms with Gasteiger partial charge in [0.05, 0.1) is 26.0 Å². The average molecular weight is 402 g/mol. The first-order valence-electron chi connectivity index (χ1n) is 8.52. The molecule has 0 saturated heterocycles. The molecule has 0 aliphatic carbocycles. The maximum atomic E-state index is 13.3. The minimum Gasteiger partial charge on any atom is -0.493 e. The number of thiophene rings is 1. The third-order valence-electron chi connectivity index (χ3n) is 4.79. The van der Waals surface area contributed by atoms with Gasteiger partial charge in [0.25, 0.3) is 5.91 Å². The minimum atomic E-state index is -0.164. The van der Waals surface area contributed by atoms with E-state index < -0.39 is 0 Å². The number of amides is 1. The molecule has 2 aromatic heterocycles. The fraction of sp³-hybridized carbons (Fsp3) is 0.316. The number of fused-ring (bicyclic) bond motifs is 1. The third-order valence-corrected chi connectivity index (χ3v) is 6.53. The molecule has 4 rings (SSSR count). The molecule has 1 unspecified atom stereocenters. The summed E-state index contributed by atoms with van der Waals surface area (Å²) in [6.07, 6.45) is 0.759. The van der Waals surface area contributed by atoms with Crippen LogP contribution in [0.2, 0.25) is 0 Å². The number of aryl methyl sites for hydroxylation is 1. The fourth-order valence-corrected chi connectivity index (χ4v) is 4.94. The van der Waals surface area contributed by atoms with Gasteiger partial charge in [-0.15, -0.1) is 16.4 Å². The molecule has 3 aromatic rings. The van der Waals surface area contributed by atoms with Crippen LogP contribution in [-0.2, 0) is 6.42 Å². The molecule has 140 valence electrons. The van der Waals surface area contributed by atoms with Crippen molar-refractivity contribution in [2.45, 2.75) is 19.4 Å². The Morgan fingerprint density at radius 3 is 2.67 bits per heavy atom. The number of nitrogens with zero attached hydrogens (tertiary/aromatic N) is 3. The lowest BCUT2D eigenvalue weighted by atomic mass is 9.90. The second kappa shape index (κ2) is 7.28. The van der Waals surface area contributed by atoms with Crippen LogP contribution in [0, 0.1) is 6.92 Å². The maximum absolute atomic E-state index is 13.3. The number of hydrogen-bond donors (Lipinski definition) is 0. The van der Waals surface area contributed by atoms with Crippen LogP contribution in [0.1, 0.15) is 37.4 Å². The van der Waals surface area contributed by atoms with Crippen LogP contribution >= 0.6 is 22.9 Å². The van der Waals surface area contributed by atoms with Gasteiger partial charge in [-0.3, -0.25) is 4.79 Å². The van der Waals surface area contributed by atoms with Crippen molar-refractivity contribution in [2.75, 3.05) is 20.8 Å². The van der Waals surface area contributed by atoms with E-state index in [1.54, 1.807) is 25.6 Å². The van der Waals surface area contributed by atoms with Crippen LogP contribution in [0.3, 0.4) is 0 Å². The zero-order valence-corrected chi connectivity index (χ0v) is 16.9. The molecule has 1 amide bonds. The molecule has 1 aliphatic heterocycles. The van der Waals surface area contributed by atoms with E-state index in [9.17, 15) is 4.79 Å². The van der Waals surface area contributed by atoms with Crippen molar-refractivity contribution in [3.63, 3.8) is 0 Å². The number of rotatable bonds is 4. The number of carbonyl (C=O) groups excluding carboxylic acids is 1. The highest BCUT2D eigenvalue weighted by atomic mass is 32.1. The van der Waals surface area contributed by atoms with Crippen LogP contribution in [0.25, 0.3) is 0 Å². The Labute approximate surface area is 165 Å². The van der Waals surface area contributed by atoms with Gasteiger partial charge >= 0.3 is 0 Å². The zero-order valence-electron chi connectivity index (χ0n) is 15.3. The largest absolute Gasteiger partial charge is 0.493 e. The van der Waals surface area contributed by atoms with E-state index in [0.29, 0.717) is 28.6 Å².